The number of benzene rings is 1. The molecule has 0 aromatic heterocycles. The predicted molar refractivity (Wildman–Crippen MR) is 99.7 cm³/mol. The molecule has 1 amide bonds. The highest BCUT2D eigenvalue weighted by Gasteiger charge is 2.43. The fourth-order valence-electron chi connectivity index (χ4n) is 3.39. The van der Waals surface area contributed by atoms with E-state index in [1.54, 1.807) is 0 Å². The van der Waals surface area contributed by atoms with Crippen LogP contribution in [0.2, 0.25) is 0 Å². The number of rotatable bonds is 8. The standard InChI is InChI=1S/C20H28N4O2/c1-20(16-21,17-7-8-17)22-19(25)15-24-11-9-23(10-12-24)13-14-26-18-5-3-2-4-6-18/h2-6,17H,7-15H2,1H3,(H,22,25)/t20-/m1/s1. The van der Waals surface area contributed by atoms with Gasteiger partial charge in [-0.1, -0.05) is 18.2 Å². The van der Waals surface area contributed by atoms with Gasteiger partial charge in [-0.15, -0.1) is 0 Å². The number of piperazine rings is 1. The molecule has 2 fully saturated rings. The van der Waals surface area contributed by atoms with Crippen LogP contribution in [-0.4, -0.2) is 67.1 Å². The summed E-state index contributed by atoms with van der Waals surface area (Å²) in [7, 11) is 0. The Kier molecular flexibility index (Phi) is 6.12. The Morgan fingerprint density at radius 1 is 1.23 bits per heavy atom. The van der Waals surface area contributed by atoms with E-state index in [0.717, 1.165) is 51.3 Å². The normalized spacial score (nSPS) is 20.8. The molecule has 6 heteroatoms. The summed E-state index contributed by atoms with van der Waals surface area (Å²) in [6.07, 6.45) is 2.07. The lowest BCUT2D eigenvalue weighted by Crippen LogP contribution is -2.53. The molecule has 0 radical (unpaired) electrons. The molecule has 0 unspecified atom stereocenters. The zero-order valence-corrected chi connectivity index (χ0v) is 15.5. The van der Waals surface area contributed by atoms with Crippen molar-refractivity contribution >= 4 is 5.91 Å². The average molecular weight is 356 g/mol. The Bertz CT molecular complexity index is 633. The van der Waals surface area contributed by atoms with Gasteiger partial charge >= 0.3 is 0 Å². The summed E-state index contributed by atoms with van der Waals surface area (Å²) in [6.45, 7) is 7.38. The maximum atomic E-state index is 12.3. The molecule has 1 atom stereocenters. The molecule has 1 saturated heterocycles. The Morgan fingerprint density at radius 2 is 1.88 bits per heavy atom. The third-order valence-electron chi connectivity index (χ3n) is 5.28. The fourth-order valence-corrected chi connectivity index (χ4v) is 3.39. The molecule has 2 aliphatic rings. The highest BCUT2D eigenvalue weighted by atomic mass is 16.5. The van der Waals surface area contributed by atoms with E-state index in [9.17, 15) is 10.1 Å². The van der Waals surface area contributed by atoms with Crippen LogP contribution >= 0.6 is 0 Å². The summed E-state index contributed by atoms with van der Waals surface area (Å²) >= 11 is 0. The molecule has 1 heterocycles. The SMILES string of the molecule is C[C@](C#N)(NC(=O)CN1CCN(CCOc2ccccc2)CC1)C1CC1. The third-order valence-corrected chi connectivity index (χ3v) is 5.28. The smallest absolute Gasteiger partial charge is 0.235 e. The Morgan fingerprint density at radius 3 is 2.50 bits per heavy atom. The van der Waals surface area contributed by atoms with Crippen molar-refractivity contribution in [2.24, 2.45) is 5.92 Å². The quantitative estimate of drug-likeness (QED) is 0.764. The van der Waals surface area contributed by atoms with E-state index in [-0.39, 0.29) is 5.91 Å². The van der Waals surface area contributed by atoms with E-state index in [4.69, 9.17) is 4.74 Å². The lowest BCUT2D eigenvalue weighted by molar-refractivity contribution is -0.124. The predicted octanol–water partition coefficient (Wildman–Crippen LogP) is 1.49. The van der Waals surface area contributed by atoms with Gasteiger partial charge in [0.05, 0.1) is 12.6 Å². The van der Waals surface area contributed by atoms with Gasteiger partial charge in [0, 0.05) is 32.7 Å². The maximum Gasteiger partial charge on any atom is 0.235 e. The fraction of sp³-hybridized carbons (Fsp3) is 0.600. The molecule has 1 aliphatic heterocycles. The van der Waals surface area contributed by atoms with E-state index < -0.39 is 5.54 Å². The molecule has 26 heavy (non-hydrogen) atoms. The number of ether oxygens (including phenoxy) is 1. The molecule has 1 N–H and O–H groups in total. The number of carbonyl (C=O) groups excluding carboxylic acids is 1. The van der Waals surface area contributed by atoms with Crippen LogP contribution in [0.5, 0.6) is 5.75 Å². The Balaban J connectivity index is 1.33. The van der Waals surface area contributed by atoms with Crippen molar-refractivity contribution in [3.05, 3.63) is 30.3 Å². The second kappa shape index (κ2) is 8.52. The van der Waals surface area contributed by atoms with Crippen molar-refractivity contribution in [3.63, 3.8) is 0 Å². The van der Waals surface area contributed by atoms with Crippen molar-refractivity contribution in [3.8, 4) is 11.8 Å². The molecule has 6 nitrogen and oxygen atoms in total. The molecule has 3 rings (SSSR count). The van der Waals surface area contributed by atoms with Crippen LogP contribution in [0.4, 0.5) is 0 Å². The van der Waals surface area contributed by atoms with Crippen molar-refractivity contribution in [2.45, 2.75) is 25.3 Å². The number of nitrogens with one attached hydrogen (secondary N) is 1. The molecular formula is C20H28N4O2. The minimum atomic E-state index is -0.701. The topological polar surface area (TPSA) is 68.6 Å². The lowest BCUT2D eigenvalue weighted by atomic mass is 9.98. The Labute approximate surface area is 155 Å². The number of nitriles is 1. The van der Waals surface area contributed by atoms with E-state index >= 15 is 0 Å². The van der Waals surface area contributed by atoms with Gasteiger partial charge in [0.1, 0.15) is 17.9 Å². The number of carbonyl (C=O) groups is 1. The van der Waals surface area contributed by atoms with Crippen molar-refractivity contribution in [1.82, 2.24) is 15.1 Å². The lowest BCUT2D eigenvalue weighted by Gasteiger charge is -2.34. The largest absolute Gasteiger partial charge is 0.492 e. The zero-order chi connectivity index (χ0) is 18.4. The molecule has 1 aromatic carbocycles. The molecule has 0 spiro atoms. The number of nitrogens with zero attached hydrogens (tertiary/aromatic N) is 3. The van der Waals surface area contributed by atoms with Gasteiger partial charge in [-0.3, -0.25) is 14.6 Å². The minimum Gasteiger partial charge on any atom is -0.492 e. The van der Waals surface area contributed by atoms with Crippen molar-refractivity contribution in [2.75, 3.05) is 45.9 Å². The Hall–Kier alpha value is -2.10. The maximum absolute atomic E-state index is 12.3. The van der Waals surface area contributed by atoms with Crippen LogP contribution < -0.4 is 10.1 Å². The molecule has 140 valence electrons. The third kappa shape index (κ3) is 5.20. The summed E-state index contributed by atoms with van der Waals surface area (Å²) in [5, 5.41) is 12.3. The zero-order valence-electron chi connectivity index (χ0n) is 15.5. The summed E-state index contributed by atoms with van der Waals surface area (Å²) in [6, 6.07) is 12.1. The molecule has 1 aliphatic carbocycles. The van der Waals surface area contributed by atoms with Crippen LogP contribution in [0.1, 0.15) is 19.8 Å². The minimum absolute atomic E-state index is 0.0400. The van der Waals surface area contributed by atoms with E-state index in [1.807, 2.05) is 37.3 Å². The molecule has 1 saturated carbocycles. The van der Waals surface area contributed by atoms with Gasteiger partial charge < -0.3 is 10.1 Å². The number of para-hydroxylation sites is 1. The first kappa shape index (κ1) is 18.7. The molecule has 1 aromatic rings. The first-order valence-electron chi connectivity index (χ1n) is 9.44. The van der Waals surface area contributed by atoms with Crippen molar-refractivity contribution < 1.29 is 9.53 Å². The van der Waals surface area contributed by atoms with Crippen LogP contribution in [0.15, 0.2) is 30.3 Å². The van der Waals surface area contributed by atoms with Crippen LogP contribution in [0, 0.1) is 17.2 Å². The van der Waals surface area contributed by atoms with Crippen LogP contribution in [0.3, 0.4) is 0 Å². The summed E-state index contributed by atoms with van der Waals surface area (Å²) in [4.78, 5) is 16.8. The first-order chi connectivity index (χ1) is 12.6. The van der Waals surface area contributed by atoms with Gasteiger partial charge in [0.25, 0.3) is 0 Å². The summed E-state index contributed by atoms with van der Waals surface area (Å²) in [5.74, 6) is 1.18. The van der Waals surface area contributed by atoms with E-state index in [2.05, 4.69) is 21.2 Å². The molecular weight excluding hydrogens is 328 g/mol. The average Bonchev–Trinajstić information content (AvgIpc) is 3.50. The monoisotopic (exact) mass is 356 g/mol. The number of amides is 1. The number of hydrogen-bond acceptors (Lipinski definition) is 5. The highest BCUT2D eigenvalue weighted by Crippen LogP contribution is 2.39. The van der Waals surface area contributed by atoms with Gasteiger partial charge in [-0.25, -0.2) is 0 Å². The highest BCUT2D eigenvalue weighted by molar-refractivity contribution is 5.79. The van der Waals surface area contributed by atoms with Gasteiger partial charge in [0.15, 0.2) is 0 Å². The van der Waals surface area contributed by atoms with E-state index in [0.29, 0.717) is 19.1 Å². The van der Waals surface area contributed by atoms with E-state index in [1.165, 1.54) is 0 Å². The number of hydrogen-bond donors (Lipinski definition) is 1. The first-order valence-corrected chi connectivity index (χ1v) is 9.44. The van der Waals surface area contributed by atoms with Crippen LogP contribution in [-0.2, 0) is 4.79 Å². The van der Waals surface area contributed by atoms with Crippen molar-refractivity contribution in [1.29, 1.82) is 5.26 Å². The summed E-state index contributed by atoms with van der Waals surface area (Å²) in [5.41, 5.74) is -0.701. The van der Waals surface area contributed by atoms with Gasteiger partial charge in [-0.2, -0.15) is 5.26 Å². The second-order valence-corrected chi connectivity index (χ2v) is 7.42. The summed E-state index contributed by atoms with van der Waals surface area (Å²) < 4.78 is 5.75. The van der Waals surface area contributed by atoms with Gasteiger partial charge in [0.2, 0.25) is 5.91 Å². The van der Waals surface area contributed by atoms with Crippen LogP contribution in [0.25, 0.3) is 0 Å². The second-order valence-electron chi connectivity index (χ2n) is 7.42. The molecule has 0 bridgehead atoms. The van der Waals surface area contributed by atoms with Gasteiger partial charge in [-0.05, 0) is 37.8 Å².